The molecule has 0 unspecified atom stereocenters. The highest BCUT2D eigenvalue weighted by atomic mass is 35.5. The van der Waals surface area contributed by atoms with Crippen molar-refractivity contribution in [2.75, 3.05) is 24.2 Å². The number of hydrogen-bond acceptors (Lipinski definition) is 6. The molecule has 2 aromatic rings. The summed E-state index contributed by atoms with van der Waals surface area (Å²) in [5.41, 5.74) is 0.797. The first kappa shape index (κ1) is 20.5. The second-order valence-corrected chi connectivity index (χ2v) is 9.10. The highest BCUT2D eigenvalue weighted by Gasteiger charge is 2.24. The van der Waals surface area contributed by atoms with Gasteiger partial charge in [0.1, 0.15) is 17.2 Å². The lowest BCUT2D eigenvalue weighted by atomic mass is 10.2. The van der Waals surface area contributed by atoms with E-state index in [4.69, 9.17) is 11.6 Å². The molecule has 10 heteroatoms. The van der Waals surface area contributed by atoms with Gasteiger partial charge in [-0.3, -0.25) is 0 Å². The number of carbonyl (C=O) groups is 1. The highest BCUT2D eigenvalue weighted by Crippen LogP contribution is 2.23. The molecule has 2 heterocycles. The number of benzene rings is 1. The molecule has 1 aromatic heterocycles. The molecule has 3 rings (SSSR count). The summed E-state index contributed by atoms with van der Waals surface area (Å²) >= 11 is 5.88. The van der Waals surface area contributed by atoms with Crippen LogP contribution >= 0.6 is 11.6 Å². The Kier molecular flexibility index (Phi) is 6.17. The highest BCUT2D eigenvalue weighted by molar-refractivity contribution is 7.88. The fraction of sp³-hybridized carbons (Fsp3) is 0.389. The first-order valence-electron chi connectivity index (χ1n) is 8.78. The molecule has 28 heavy (non-hydrogen) atoms. The largest absolute Gasteiger partial charge is 0.477 e. The van der Waals surface area contributed by atoms with Crippen LogP contribution in [-0.4, -0.2) is 53.1 Å². The molecule has 8 nitrogen and oxygen atoms in total. The average molecular weight is 425 g/mol. The van der Waals surface area contributed by atoms with Gasteiger partial charge in [0.2, 0.25) is 10.0 Å². The summed E-state index contributed by atoms with van der Waals surface area (Å²) < 4.78 is 25.8. The van der Waals surface area contributed by atoms with Crippen molar-refractivity contribution >= 4 is 33.4 Å². The molecule has 0 spiro atoms. The maximum atomic E-state index is 12.3. The maximum Gasteiger partial charge on any atom is 0.341 e. The zero-order valence-corrected chi connectivity index (χ0v) is 16.9. The van der Waals surface area contributed by atoms with Crippen molar-refractivity contribution in [3.8, 4) is 0 Å². The van der Waals surface area contributed by atoms with Gasteiger partial charge < -0.3 is 10.0 Å². The lowest BCUT2D eigenvalue weighted by Gasteiger charge is -2.22. The van der Waals surface area contributed by atoms with Gasteiger partial charge in [-0.1, -0.05) is 23.7 Å². The third-order valence-electron chi connectivity index (χ3n) is 4.51. The van der Waals surface area contributed by atoms with Crippen LogP contribution in [0.1, 0.15) is 34.6 Å². The molecule has 1 aliphatic rings. The minimum Gasteiger partial charge on any atom is -0.477 e. The van der Waals surface area contributed by atoms with E-state index in [9.17, 15) is 18.3 Å². The van der Waals surface area contributed by atoms with Gasteiger partial charge in [0.15, 0.2) is 0 Å². The molecule has 0 bridgehead atoms. The van der Waals surface area contributed by atoms with Crippen molar-refractivity contribution < 1.29 is 18.3 Å². The molecule has 1 saturated heterocycles. The monoisotopic (exact) mass is 424 g/mol. The summed E-state index contributed by atoms with van der Waals surface area (Å²) in [6, 6.07) is 6.90. The fourth-order valence-corrected chi connectivity index (χ4v) is 3.91. The first-order valence-corrected chi connectivity index (χ1v) is 11.0. The number of carboxylic acid groups (broad SMARTS) is 1. The summed E-state index contributed by atoms with van der Waals surface area (Å²) in [7, 11) is -3.54. The van der Waals surface area contributed by atoms with Crippen LogP contribution in [0.4, 0.5) is 5.82 Å². The summed E-state index contributed by atoms with van der Waals surface area (Å²) in [4.78, 5) is 21.9. The van der Waals surface area contributed by atoms with E-state index >= 15 is 0 Å². The smallest absolute Gasteiger partial charge is 0.341 e. The Bertz CT molecular complexity index is 960. The van der Waals surface area contributed by atoms with Gasteiger partial charge in [-0.25, -0.2) is 23.2 Å². The second-order valence-electron chi connectivity index (χ2n) is 6.68. The molecule has 1 N–H and O–H groups in total. The number of carboxylic acids is 1. The zero-order chi connectivity index (χ0) is 20.3. The molecule has 1 fully saturated rings. The Morgan fingerprint density at radius 1 is 1.21 bits per heavy atom. The zero-order valence-electron chi connectivity index (χ0n) is 15.4. The van der Waals surface area contributed by atoms with Crippen molar-refractivity contribution in [2.45, 2.75) is 25.9 Å². The number of anilines is 1. The van der Waals surface area contributed by atoms with Crippen LogP contribution in [0.15, 0.2) is 30.5 Å². The number of aromatic nitrogens is 2. The second kappa shape index (κ2) is 8.42. The molecule has 0 amide bonds. The van der Waals surface area contributed by atoms with Crippen LogP contribution in [0, 0.1) is 0 Å². The number of aromatic carboxylic acids is 1. The topological polar surface area (TPSA) is 104 Å². The minimum atomic E-state index is -3.54. The maximum absolute atomic E-state index is 12.3. The van der Waals surface area contributed by atoms with E-state index in [0.717, 1.165) is 37.8 Å². The van der Waals surface area contributed by atoms with Crippen LogP contribution < -0.4 is 4.90 Å². The molecular weight excluding hydrogens is 404 g/mol. The van der Waals surface area contributed by atoms with Gasteiger partial charge in [0, 0.05) is 30.9 Å². The van der Waals surface area contributed by atoms with Crippen LogP contribution in [-0.2, 0) is 23.1 Å². The van der Waals surface area contributed by atoms with E-state index in [0.29, 0.717) is 10.8 Å². The van der Waals surface area contributed by atoms with E-state index < -0.39 is 16.0 Å². The van der Waals surface area contributed by atoms with Gasteiger partial charge >= 0.3 is 5.97 Å². The SMILES string of the molecule is CS(=O)(=O)N(Cc1ccc(Cl)cc1)Cc1ncc(C(=O)O)c(N2CCCC2)n1. The molecule has 1 aromatic carbocycles. The van der Waals surface area contributed by atoms with E-state index in [2.05, 4.69) is 9.97 Å². The number of sulfonamides is 1. The Labute approximate surface area is 168 Å². The van der Waals surface area contributed by atoms with Gasteiger partial charge in [-0.15, -0.1) is 0 Å². The minimum absolute atomic E-state index is 0.0225. The Morgan fingerprint density at radius 2 is 1.86 bits per heavy atom. The Balaban J connectivity index is 1.88. The average Bonchev–Trinajstić information content (AvgIpc) is 3.16. The van der Waals surface area contributed by atoms with Crippen molar-refractivity contribution in [1.29, 1.82) is 0 Å². The van der Waals surface area contributed by atoms with Gasteiger partial charge in [-0.2, -0.15) is 4.31 Å². The van der Waals surface area contributed by atoms with Crippen molar-refractivity contribution in [3.05, 3.63) is 52.4 Å². The first-order chi connectivity index (χ1) is 13.2. The lowest BCUT2D eigenvalue weighted by Crippen LogP contribution is -2.30. The van der Waals surface area contributed by atoms with Crippen LogP contribution in [0.3, 0.4) is 0 Å². The molecule has 1 aliphatic heterocycles. The van der Waals surface area contributed by atoms with E-state index in [1.165, 1.54) is 10.5 Å². The number of halogens is 1. The van der Waals surface area contributed by atoms with Gasteiger partial charge in [0.25, 0.3) is 0 Å². The molecule has 0 atom stereocenters. The summed E-state index contributed by atoms with van der Waals surface area (Å²) in [6.45, 7) is 1.52. The normalized spacial score (nSPS) is 14.6. The summed E-state index contributed by atoms with van der Waals surface area (Å²) in [5, 5.41) is 9.99. The predicted molar refractivity (Wildman–Crippen MR) is 106 cm³/mol. The molecule has 0 saturated carbocycles. The van der Waals surface area contributed by atoms with E-state index in [-0.39, 0.29) is 24.5 Å². The molecule has 150 valence electrons. The third-order valence-corrected chi connectivity index (χ3v) is 5.96. The summed E-state index contributed by atoms with van der Waals surface area (Å²) in [5.74, 6) is -0.504. The molecular formula is C18H21ClN4O4S. The van der Waals surface area contributed by atoms with Crippen molar-refractivity contribution in [2.24, 2.45) is 0 Å². The van der Waals surface area contributed by atoms with Crippen LogP contribution in [0.5, 0.6) is 0 Å². The molecule has 0 aliphatic carbocycles. The number of nitrogens with zero attached hydrogens (tertiary/aromatic N) is 4. The Hall–Kier alpha value is -2.23. The molecule has 0 radical (unpaired) electrons. The number of hydrogen-bond donors (Lipinski definition) is 1. The lowest BCUT2D eigenvalue weighted by molar-refractivity contribution is 0.0696. The quantitative estimate of drug-likeness (QED) is 0.727. The van der Waals surface area contributed by atoms with Crippen LogP contribution in [0.2, 0.25) is 5.02 Å². The van der Waals surface area contributed by atoms with Crippen molar-refractivity contribution in [1.82, 2.24) is 14.3 Å². The Morgan fingerprint density at radius 3 is 2.43 bits per heavy atom. The third kappa shape index (κ3) is 4.98. The fourth-order valence-electron chi connectivity index (χ4n) is 3.05. The van der Waals surface area contributed by atoms with E-state index in [1.807, 2.05) is 4.90 Å². The van der Waals surface area contributed by atoms with Crippen LogP contribution in [0.25, 0.3) is 0 Å². The predicted octanol–water partition coefficient (Wildman–Crippen LogP) is 2.39. The van der Waals surface area contributed by atoms with Crippen molar-refractivity contribution in [3.63, 3.8) is 0 Å². The standard InChI is InChI=1S/C18H21ClN4O4S/c1-28(26,27)23(11-13-4-6-14(19)7-5-13)12-16-20-10-15(18(24)25)17(21-16)22-8-2-3-9-22/h4-7,10H,2-3,8-9,11-12H2,1H3,(H,24,25). The van der Waals surface area contributed by atoms with E-state index in [1.54, 1.807) is 24.3 Å². The number of rotatable bonds is 7. The van der Waals surface area contributed by atoms with Gasteiger partial charge in [-0.05, 0) is 30.5 Å². The summed E-state index contributed by atoms with van der Waals surface area (Å²) in [6.07, 6.45) is 4.30. The van der Waals surface area contributed by atoms with Gasteiger partial charge in [0.05, 0.1) is 12.8 Å².